The molecule has 0 N–H and O–H groups in total. The number of fused-ring (bicyclic) bond motifs is 3. The summed E-state index contributed by atoms with van der Waals surface area (Å²) in [7, 11) is 1.74. The van der Waals surface area contributed by atoms with Crippen molar-refractivity contribution in [1.82, 2.24) is 9.55 Å². The second kappa shape index (κ2) is 6.27. The number of nitro benzene ring substituents is 1. The van der Waals surface area contributed by atoms with E-state index in [2.05, 4.69) is 4.98 Å². The van der Waals surface area contributed by atoms with Crippen molar-refractivity contribution in [2.45, 2.75) is 30.2 Å². The number of thioether (sulfide) groups is 1. The summed E-state index contributed by atoms with van der Waals surface area (Å²) >= 11 is 3.05. The van der Waals surface area contributed by atoms with Gasteiger partial charge in [-0.3, -0.25) is 19.5 Å². The predicted octanol–water partition coefficient (Wildman–Crippen LogP) is 3.68. The molecule has 6 nitrogen and oxygen atoms in total. The highest BCUT2D eigenvalue weighted by Gasteiger charge is 2.22. The van der Waals surface area contributed by atoms with Gasteiger partial charge < -0.3 is 0 Å². The number of aryl methyl sites for hydroxylation is 2. The van der Waals surface area contributed by atoms with E-state index < -0.39 is 4.92 Å². The van der Waals surface area contributed by atoms with Crippen molar-refractivity contribution in [3.63, 3.8) is 0 Å². The molecule has 0 saturated heterocycles. The molecule has 0 fully saturated rings. The molecular weight excluding hydrogens is 358 g/mol. The van der Waals surface area contributed by atoms with Gasteiger partial charge in [0.15, 0.2) is 5.16 Å². The number of hydrogen-bond acceptors (Lipinski definition) is 6. The maximum absolute atomic E-state index is 12.8. The third-order valence-electron chi connectivity index (χ3n) is 4.39. The first-order valence-corrected chi connectivity index (χ1v) is 9.72. The van der Waals surface area contributed by atoms with E-state index in [0.717, 1.165) is 35.0 Å². The topological polar surface area (TPSA) is 78.0 Å². The summed E-state index contributed by atoms with van der Waals surface area (Å²) in [5.74, 6) is 0.526. The van der Waals surface area contributed by atoms with Crippen LogP contribution in [0.5, 0.6) is 0 Å². The lowest BCUT2D eigenvalue weighted by molar-refractivity contribution is -0.384. The third kappa shape index (κ3) is 2.85. The maximum atomic E-state index is 12.8. The molecule has 0 spiro atoms. The molecule has 1 aliphatic rings. The smallest absolute Gasteiger partial charge is 0.269 e. The number of nitro groups is 1. The summed E-state index contributed by atoms with van der Waals surface area (Å²) in [5.41, 5.74) is 2.10. The first-order valence-electron chi connectivity index (χ1n) is 7.92. The second-order valence-electron chi connectivity index (χ2n) is 6.01. The van der Waals surface area contributed by atoms with E-state index in [0.29, 0.717) is 10.9 Å². The molecule has 2 heterocycles. The summed E-state index contributed by atoms with van der Waals surface area (Å²) in [4.78, 5) is 30.0. The van der Waals surface area contributed by atoms with Crippen LogP contribution in [0.15, 0.2) is 34.2 Å². The number of aromatic nitrogens is 2. The molecule has 0 saturated carbocycles. The standard InChI is InChI=1S/C17H15N3O3S2/c1-19-16(21)14-12-6-3-7-13(12)25-15(14)18-17(19)24-9-10-4-2-5-11(8-10)20(22)23/h2,4-5,8H,3,6-7,9H2,1H3. The van der Waals surface area contributed by atoms with E-state index in [9.17, 15) is 14.9 Å². The quantitative estimate of drug-likeness (QED) is 0.302. The molecule has 128 valence electrons. The lowest BCUT2D eigenvalue weighted by Gasteiger charge is -2.07. The Bertz CT molecular complexity index is 1060. The molecule has 0 bridgehead atoms. The lowest BCUT2D eigenvalue weighted by Crippen LogP contribution is -2.20. The molecule has 8 heteroatoms. The van der Waals surface area contributed by atoms with Gasteiger partial charge in [-0.1, -0.05) is 23.9 Å². The van der Waals surface area contributed by atoms with Crippen LogP contribution >= 0.6 is 23.1 Å². The predicted molar refractivity (Wildman–Crippen MR) is 99.5 cm³/mol. The highest BCUT2D eigenvalue weighted by atomic mass is 32.2. The normalized spacial score (nSPS) is 13.3. The van der Waals surface area contributed by atoms with Gasteiger partial charge in [0.25, 0.3) is 11.2 Å². The summed E-state index contributed by atoms with van der Waals surface area (Å²) in [6.07, 6.45) is 3.12. The van der Waals surface area contributed by atoms with E-state index in [1.54, 1.807) is 35.1 Å². The van der Waals surface area contributed by atoms with Gasteiger partial charge in [-0.25, -0.2) is 4.98 Å². The Labute approximate surface area is 151 Å². The molecular formula is C17H15N3O3S2. The summed E-state index contributed by atoms with van der Waals surface area (Å²) in [5, 5.41) is 12.3. The van der Waals surface area contributed by atoms with Gasteiger partial charge in [-0.2, -0.15) is 0 Å². The van der Waals surface area contributed by atoms with Gasteiger partial charge in [0.05, 0.1) is 10.3 Å². The molecule has 0 atom stereocenters. The zero-order valence-electron chi connectivity index (χ0n) is 13.5. The number of nitrogens with zero attached hydrogens (tertiary/aromatic N) is 3. The van der Waals surface area contributed by atoms with Crippen LogP contribution in [0.4, 0.5) is 5.69 Å². The summed E-state index contributed by atoms with van der Waals surface area (Å²) in [6.45, 7) is 0. The average molecular weight is 373 g/mol. The molecule has 0 radical (unpaired) electrons. The molecule has 0 unspecified atom stereocenters. The number of rotatable bonds is 4. The van der Waals surface area contributed by atoms with Gasteiger partial charge in [0.1, 0.15) is 4.83 Å². The van der Waals surface area contributed by atoms with Crippen LogP contribution in [-0.4, -0.2) is 14.5 Å². The van der Waals surface area contributed by atoms with Crippen molar-refractivity contribution in [2.24, 2.45) is 7.05 Å². The van der Waals surface area contributed by atoms with Crippen LogP contribution in [0.1, 0.15) is 22.4 Å². The molecule has 3 aromatic rings. The van der Waals surface area contributed by atoms with Gasteiger partial charge in [-0.15, -0.1) is 11.3 Å². The van der Waals surface area contributed by atoms with Gasteiger partial charge in [0.2, 0.25) is 0 Å². The number of thiophene rings is 1. The van der Waals surface area contributed by atoms with Crippen molar-refractivity contribution in [3.05, 3.63) is 60.7 Å². The minimum absolute atomic E-state index is 0.00550. The van der Waals surface area contributed by atoms with E-state index in [1.165, 1.54) is 28.3 Å². The Kier molecular flexibility index (Phi) is 4.09. The highest BCUT2D eigenvalue weighted by molar-refractivity contribution is 7.98. The lowest BCUT2D eigenvalue weighted by atomic mass is 10.2. The molecule has 2 aromatic heterocycles. The van der Waals surface area contributed by atoms with Crippen LogP contribution in [0.2, 0.25) is 0 Å². The van der Waals surface area contributed by atoms with Crippen LogP contribution in [0, 0.1) is 10.1 Å². The van der Waals surface area contributed by atoms with E-state index in [-0.39, 0.29) is 11.2 Å². The van der Waals surface area contributed by atoms with Crippen molar-refractivity contribution in [2.75, 3.05) is 0 Å². The summed E-state index contributed by atoms with van der Waals surface area (Å²) in [6, 6.07) is 6.55. The van der Waals surface area contributed by atoms with Crippen LogP contribution < -0.4 is 5.56 Å². The minimum atomic E-state index is -0.401. The fraction of sp³-hybridized carbons (Fsp3) is 0.294. The van der Waals surface area contributed by atoms with Crippen LogP contribution in [-0.2, 0) is 25.6 Å². The molecule has 0 aliphatic heterocycles. The Hall–Kier alpha value is -2.19. The van der Waals surface area contributed by atoms with Crippen LogP contribution in [0.3, 0.4) is 0 Å². The zero-order chi connectivity index (χ0) is 17.6. The highest BCUT2D eigenvalue weighted by Crippen LogP contribution is 2.35. The molecule has 4 rings (SSSR count). The SMILES string of the molecule is Cn1c(SCc2cccc([N+](=O)[O-])c2)nc2sc3c(c2c1=O)CCC3. The average Bonchev–Trinajstić information content (AvgIpc) is 3.17. The van der Waals surface area contributed by atoms with Gasteiger partial charge >= 0.3 is 0 Å². The molecule has 0 amide bonds. The van der Waals surface area contributed by atoms with Crippen molar-refractivity contribution < 1.29 is 4.92 Å². The van der Waals surface area contributed by atoms with Crippen molar-refractivity contribution in [3.8, 4) is 0 Å². The molecule has 25 heavy (non-hydrogen) atoms. The Morgan fingerprint density at radius 1 is 1.40 bits per heavy atom. The van der Waals surface area contributed by atoms with Gasteiger partial charge in [-0.05, 0) is 30.4 Å². The van der Waals surface area contributed by atoms with E-state index in [4.69, 9.17) is 0 Å². The number of hydrogen-bond donors (Lipinski definition) is 0. The van der Waals surface area contributed by atoms with E-state index in [1.807, 2.05) is 6.07 Å². The monoisotopic (exact) mass is 373 g/mol. The maximum Gasteiger partial charge on any atom is 0.269 e. The molecule has 1 aromatic carbocycles. The third-order valence-corrected chi connectivity index (χ3v) is 6.68. The largest absolute Gasteiger partial charge is 0.290 e. The van der Waals surface area contributed by atoms with Crippen molar-refractivity contribution >= 4 is 39.0 Å². The first kappa shape index (κ1) is 16.3. The zero-order valence-corrected chi connectivity index (χ0v) is 15.2. The second-order valence-corrected chi connectivity index (χ2v) is 8.04. The Balaban J connectivity index is 1.66. The van der Waals surface area contributed by atoms with Crippen molar-refractivity contribution in [1.29, 1.82) is 0 Å². The minimum Gasteiger partial charge on any atom is -0.290 e. The Morgan fingerprint density at radius 2 is 2.24 bits per heavy atom. The number of non-ortho nitro benzene ring substituents is 1. The van der Waals surface area contributed by atoms with E-state index >= 15 is 0 Å². The first-order chi connectivity index (χ1) is 12.0. The Morgan fingerprint density at radius 3 is 3.04 bits per heavy atom. The fourth-order valence-electron chi connectivity index (χ4n) is 3.14. The summed E-state index contributed by atoms with van der Waals surface area (Å²) < 4.78 is 1.59. The fourth-order valence-corrected chi connectivity index (χ4v) is 5.36. The van der Waals surface area contributed by atoms with Crippen LogP contribution in [0.25, 0.3) is 10.2 Å². The molecule has 1 aliphatic carbocycles. The number of benzene rings is 1. The van der Waals surface area contributed by atoms with Gasteiger partial charge in [0, 0.05) is 29.8 Å².